The molecule has 0 bridgehead atoms. The van der Waals surface area contributed by atoms with Gasteiger partial charge in [-0.15, -0.1) is 24.8 Å². The highest BCUT2D eigenvalue weighted by Gasteiger charge is 2.23. The third kappa shape index (κ3) is 3.68. The third-order valence-electron chi connectivity index (χ3n) is 3.85. The molecule has 3 rings (SSSR count). The Balaban J connectivity index is 0.00000121. The summed E-state index contributed by atoms with van der Waals surface area (Å²) in [4.78, 5) is 6.57. The normalized spacial score (nSPS) is 19.0. The number of rotatable bonds is 3. The zero-order valence-corrected chi connectivity index (χ0v) is 13.8. The number of alkyl halides is 2. The van der Waals surface area contributed by atoms with Gasteiger partial charge in [-0.05, 0) is 19.1 Å². The van der Waals surface area contributed by atoms with Gasteiger partial charge in [0.15, 0.2) is 0 Å². The molecule has 1 aromatic carbocycles. The van der Waals surface area contributed by atoms with Crippen LogP contribution in [-0.4, -0.2) is 40.1 Å². The summed E-state index contributed by atoms with van der Waals surface area (Å²) in [6, 6.07) is 7.38. The van der Waals surface area contributed by atoms with Gasteiger partial charge in [-0.25, -0.2) is 4.98 Å². The van der Waals surface area contributed by atoms with E-state index in [1.54, 1.807) is 18.2 Å². The lowest BCUT2D eigenvalue weighted by Crippen LogP contribution is -2.49. The van der Waals surface area contributed by atoms with Crippen molar-refractivity contribution in [2.24, 2.45) is 0 Å². The summed E-state index contributed by atoms with van der Waals surface area (Å²) in [5.74, 6) is 0.440. The molecule has 0 aliphatic carbocycles. The monoisotopic (exact) mass is 352 g/mol. The minimum atomic E-state index is -2.56. The molecule has 22 heavy (non-hydrogen) atoms. The highest BCUT2D eigenvalue weighted by molar-refractivity contribution is 5.85. The summed E-state index contributed by atoms with van der Waals surface area (Å²) >= 11 is 0. The number of para-hydroxylation sites is 2. The number of piperazine rings is 1. The second kappa shape index (κ2) is 8.06. The smallest absolute Gasteiger partial charge is 0.314 e. The van der Waals surface area contributed by atoms with Gasteiger partial charge in [-0.2, -0.15) is 8.78 Å². The lowest BCUT2D eigenvalue weighted by molar-refractivity contribution is 0.0655. The maximum atomic E-state index is 13.3. The summed E-state index contributed by atoms with van der Waals surface area (Å²) in [5, 5.41) is 3.30. The number of hydrogen-bond acceptors (Lipinski definition) is 3. The van der Waals surface area contributed by atoms with E-state index in [0.717, 1.165) is 24.2 Å². The molecule has 8 heteroatoms. The first-order valence-electron chi connectivity index (χ1n) is 6.85. The van der Waals surface area contributed by atoms with E-state index < -0.39 is 6.55 Å². The van der Waals surface area contributed by atoms with Crippen LogP contribution in [0.3, 0.4) is 0 Å². The van der Waals surface area contributed by atoms with Gasteiger partial charge < -0.3 is 5.32 Å². The average Bonchev–Trinajstić information content (AvgIpc) is 2.79. The molecule has 1 saturated heterocycles. The molecule has 1 aliphatic rings. The molecule has 124 valence electrons. The number of nitrogens with zero attached hydrogens (tertiary/aromatic N) is 3. The fraction of sp³-hybridized carbons (Fsp3) is 0.500. The number of halogens is 4. The number of imidazole rings is 1. The van der Waals surface area contributed by atoms with Crippen molar-refractivity contribution < 1.29 is 8.78 Å². The summed E-state index contributed by atoms with van der Waals surface area (Å²) in [6.07, 6.45) is 0. The summed E-state index contributed by atoms with van der Waals surface area (Å²) in [7, 11) is 0. The van der Waals surface area contributed by atoms with Crippen molar-refractivity contribution in [1.82, 2.24) is 19.8 Å². The summed E-state index contributed by atoms with van der Waals surface area (Å²) in [5.41, 5.74) is 1.13. The first kappa shape index (κ1) is 19.1. The van der Waals surface area contributed by atoms with Crippen LogP contribution in [0.5, 0.6) is 0 Å². The Morgan fingerprint density at radius 3 is 2.73 bits per heavy atom. The maximum absolute atomic E-state index is 13.3. The molecule has 0 radical (unpaired) electrons. The molecule has 0 saturated carbocycles. The van der Waals surface area contributed by atoms with E-state index in [4.69, 9.17) is 0 Å². The Morgan fingerprint density at radius 2 is 2.05 bits per heavy atom. The predicted molar refractivity (Wildman–Crippen MR) is 88.2 cm³/mol. The van der Waals surface area contributed by atoms with Gasteiger partial charge in [-0.1, -0.05) is 12.1 Å². The molecule has 2 heterocycles. The van der Waals surface area contributed by atoms with Gasteiger partial charge in [0, 0.05) is 25.7 Å². The van der Waals surface area contributed by atoms with Crippen LogP contribution in [-0.2, 0) is 6.54 Å². The van der Waals surface area contributed by atoms with Crippen LogP contribution in [0.25, 0.3) is 11.0 Å². The van der Waals surface area contributed by atoms with Crippen molar-refractivity contribution in [3.05, 3.63) is 30.1 Å². The van der Waals surface area contributed by atoms with Crippen molar-refractivity contribution in [2.45, 2.75) is 26.1 Å². The second-order valence-electron chi connectivity index (χ2n) is 5.19. The van der Waals surface area contributed by atoms with Crippen LogP contribution < -0.4 is 5.32 Å². The molecular weight excluding hydrogens is 333 g/mol. The second-order valence-corrected chi connectivity index (χ2v) is 5.19. The molecule has 0 amide bonds. The predicted octanol–water partition coefficient (Wildman–Crippen LogP) is 3.07. The highest BCUT2D eigenvalue weighted by atomic mass is 35.5. The maximum Gasteiger partial charge on any atom is 0.320 e. The molecule has 1 atom stereocenters. The Kier molecular flexibility index (Phi) is 6.99. The van der Waals surface area contributed by atoms with E-state index in [9.17, 15) is 8.78 Å². The van der Waals surface area contributed by atoms with Crippen LogP contribution in [0.15, 0.2) is 24.3 Å². The minimum absolute atomic E-state index is 0. The van der Waals surface area contributed by atoms with Crippen molar-refractivity contribution in [3.63, 3.8) is 0 Å². The van der Waals surface area contributed by atoms with Gasteiger partial charge >= 0.3 is 6.55 Å². The molecule has 2 aromatic rings. The molecule has 1 N–H and O–H groups in total. The molecule has 1 aliphatic heterocycles. The van der Waals surface area contributed by atoms with Crippen molar-refractivity contribution in [1.29, 1.82) is 0 Å². The molecule has 0 unspecified atom stereocenters. The van der Waals surface area contributed by atoms with Crippen LogP contribution in [0.4, 0.5) is 8.78 Å². The zero-order chi connectivity index (χ0) is 14.1. The standard InChI is InChI=1S/C14H18F2N4.2ClH/c1-10-8-17-6-7-19(10)9-13-18-11-4-2-3-5-12(11)20(13)14(15)16;;/h2-5,10,14,17H,6-9H2,1H3;2*1H/t10-;;/m1../s1. The van der Waals surface area contributed by atoms with Crippen molar-refractivity contribution in [3.8, 4) is 0 Å². The number of hydrogen-bond donors (Lipinski definition) is 1. The van der Waals surface area contributed by atoms with Crippen molar-refractivity contribution in [2.75, 3.05) is 19.6 Å². The SMILES string of the molecule is C[C@@H]1CNCCN1Cc1nc2ccccc2n1C(F)F.Cl.Cl. The topological polar surface area (TPSA) is 33.1 Å². The van der Waals surface area contributed by atoms with Crippen LogP contribution in [0.2, 0.25) is 0 Å². The molecule has 4 nitrogen and oxygen atoms in total. The van der Waals surface area contributed by atoms with E-state index in [1.165, 1.54) is 0 Å². The quantitative estimate of drug-likeness (QED) is 0.921. The fourth-order valence-electron chi connectivity index (χ4n) is 2.72. The van der Waals surface area contributed by atoms with Crippen molar-refractivity contribution >= 4 is 35.8 Å². The van der Waals surface area contributed by atoms with Gasteiger partial charge in [0.2, 0.25) is 0 Å². The summed E-state index contributed by atoms with van der Waals surface area (Å²) in [6.45, 7) is 2.63. The van der Waals surface area contributed by atoms with Crippen LogP contribution >= 0.6 is 24.8 Å². The Morgan fingerprint density at radius 1 is 1.32 bits per heavy atom. The highest BCUT2D eigenvalue weighted by Crippen LogP contribution is 2.24. The number of nitrogens with one attached hydrogen (secondary N) is 1. The number of aromatic nitrogens is 2. The lowest BCUT2D eigenvalue weighted by Gasteiger charge is -2.33. The van der Waals surface area contributed by atoms with E-state index in [1.807, 2.05) is 6.07 Å². The number of fused-ring (bicyclic) bond motifs is 1. The lowest BCUT2D eigenvalue weighted by atomic mass is 10.2. The first-order chi connectivity index (χ1) is 9.66. The Hall–Kier alpha value is -0.950. The van der Waals surface area contributed by atoms with E-state index >= 15 is 0 Å². The van der Waals surface area contributed by atoms with Gasteiger partial charge in [0.1, 0.15) is 5.82 Å². The molecule has 1 aromatic heterocycles. The average molecular weight is 353 g/mol. The first-order valence-corrected chi connectivity index (χ1v) is 6.85. The van der Waals surface area contributed by atoms with Crippen LogP contribution in [0.1, 0.15) is 19.3 Å². The minimum Gasteiger partial charge on any atom is -0.314 e. The number of benzene rings is 1. The van der Waals surface area contributed by atoms with E-state index in [0.29, 0.717) is 29.4 Å². The van der Waals surface area contributed by atoms with Crippen LogP contribution in [0, 0.1) is 0 Å². The van der Waals surface area contributed by atoms with Gasteiger partial charge in [-0.3, -0.25) is 9.47 Å². The third-order valence-corrected chi connectivity index (χ3v) is 3.85. The Labute approximate surface area is 140 Å². The molecule has 0 spiro atoms. The van der Waals surface area contributed by atoms with Gasteiger partial charge in [0.05, 0.1) is 17.6 Å². The van der Waals surface area contributed by atoms with E-state index in [-0.39, 0.29) is 24.8 Å². The zero-order valence-electron chi connectivity index (χ0n) is 12.2. The largest absolute Gasteiger partial charge is 0.320 e. The molecular formula is C14H20Cl2F2N4. The van der Waals surface area contributed by atoms with Gasteiger partial charge in [0.25, 0.3) is 0 Å². The summed E-state index contributed by atoms with van der Waals surface area (Å²) < 4.78 is 27.7. The van der Waals surface area contributed by atoms with E-state index in [2.05, 4.69) is 22.1 Å². The Bertz CT molecular complexity index is 606. The molecule has 1 fully saturated rings. The fourth-order valence-corrected chi connectivity index (χ4v) is 2.72.